The lowest BCUT2D eigenvalue weighted by atomic mass is 9.93. The van der Waals surface area contributed by atoms with Crippen LogP contribution in [0.1, 0.15) is 28.1 Å². The maximum atomic E-state index is 12.7. The minimum Gasteiger partial charge on any atom is -0.481 e. The van der Waals surface area contributed by atoms with E-state index in [1.807, 2.05) is 24.3 Å². The van der Waals surface area contributed by atoms with E-state index in [1.165, 1.54) is 11.2 Å². The number of carbonyl (C=O) groups is 3. The highest BCUT2D eigenvalue weighted by molar-refractivity contribution is 5.96. The van der Waals surface area contributed by atoms with Crippen molar-refractivity contribution >= 4 is 17.8 Å². The van der Waals surface area contributed by atoms with Crippen LogP contribution in [0.15, 0.2) is 47.1 Å². The van der Waals surface area contributed by atoms with Gasteiger partial charge in [0.1, 0.15) is 6.04 Å². The third-order valence-electron chi connectivity index (χ3n) is 4.18. The normalized spacial score (nSPS) is 16.2. The van der Waals surface area contributed by atoms with Crippen molar-refractivity contribution in [2.45, 2.75) is 25.4 Å². The van der Waals surface area contributed by atoms with E-state index >= 15 is 0 Å². The summed E-state index contributed by atoms with van der Waals surface area (Å²) in [5.74, 6) is -1.55. The van der Waals surface area contributed by atoms with Gasteiger partial charge in [-0.2, -0.15) is 0 Å². The lowest BCUT2D eigenvalue weighted by molar-refractivity contribution is -0.137. The SMILES string of the molecule is O=C(O)CCNC(=O)C1Cc2ccccc2CN1C(=O)c1ccco1. The smallest absolute Gasteiger partial charge is 0.305 e. The summed E-state index contributed by atoms with van der Waals surface area (Å²) in [5, 5.41) is 11.3. The molecule has 3 rings (SSSR count). The Labute approximate surface area is 144 Å². The molecular weight excluding hydrogens is 324 g/mol. The summed E-state index contributed by atoms with van der Waals surface area (Å²) in [6.07, 6.45) is 1.62. The van der Waals surface area contributed by atoms with E-state index in [1.54, 1.807) is 12.1 Å². The Bertz CT molecular complexity index is 785. The Morgan fingerprint density at radius 1 is 1.16 bits per heavy atom. The van der Waals surface area contributed by atoms with Gasteiger partial charge < -0.3 is 19.7 Å². The van der Waals surface area contributed by atoms with Crippen molar-refractivity contribution in [3.63, 3.8) is 0 Å². The number of amides is 2. The number of carboxylic acid groups (broad SMARTS) is 1. The summed E-state index contributed by atoms with van der Waals surface area (Å²) in [4.78, 5) is 37.4. The molecule has 0 radical (unpaired) electrons. The molecule has 0 spiro atoms. The van der Waals surface area contributed by atoms with E-state index in [4.69, 9.17) is 9.52 Å². The summed E-state index contributed by atoms with van der Waals surface area (Å²) >= 11 is 0. The second-order valence-electron chi connectivity index (χ2n) is 5.83. The number of carbonyl (C=O) groups excluding carboxylic acids is 2. The van der Waals surface area contributed by atoms with Crippen molar-refractivity contribution in [3.8, 4) is 0 Å². The fourth-order valence-corrected chi connectivity index (χ4v) is 2.92. The first-order chi connectivity index (χ1) is 12.1. The molecule has 0 bridgehead atoms. The number of nitrogens with zero attached hydrogens (tertiary/aromatic N) is 1. The molecule has 7 nitrogen and oxygen atoms in total. The Morgan fingerprint density at radius 2 is 1.92 bits per heavy atom. The van der Waals surface area contributed by atoms with E-state index in [0.29, 0.717) is 13.0 Å². The summed E-state index contributed by atoms with van der Waals surface area (Å²) in [6, 6.07) is 10.1. The first-order valence-electron chi connectivity index (χ1n) is 7.97. The number of aliphatic carboxylic acids is 1. The lowest BCUT2D eigenvalue weighted by Crippen LogP contribution is -2.52. The molecule has 1 aliphatic heterocycles. The summed E-state index contributed by atoms with van der Waals surface area (Å²) in [7, 11) is 0. The van der Waals surface area contributed by atoms with Crippen LogP contribution < -0.4 is 5.32 Å². The van der Waals surface area contributed by atoms with Gasteiger partial charge in [-0.05, 0) is 23.3 Å². The van der Waals surface area contributed by atoms with Crippen molar-refractivity contribution in [3.05, 3.63) is 59.5 Å². The molecule has 2 N–H and O–H groups in total. The van der Waals surface area contributed by atoms with Crippen LogP contribution in [0.3, 0.4) is 0 Å². The minimum atomic E-state index is -0.988. The van der Waals surface area contributed by atoms with Crippen LogP contribution in [-0.4, -0.2) is 40.4 Å². The number of hydrogen-bond donors (Lipinski definition) is 2. The quantitative estimate of drug-likeness (QED) is 0.856. The number of fused-ring (bicyclic) bond motifs is 1. The van der Waals surface area contributed by atoms with Crippen LogP contribution in [0.25, 0.3) is 0 Å². The highest BCUT2D eigenvalue weighted by atomic mass is 16.4. The fraction of sp³-hybridized carbons (Fsp3) is 0.278. The van der Waals surface area contributed by atoms with Gasteiger partial charge in [-0.3, -0.25) is 14.4 Å². The van der Waals surface area contributed by atoms with Gasteiger partial charge in [0.25, 0.3) is 5.91 Å². The summed E-state index contributed by atoms with van der Waals surface area (Å²) in [5.41, 5.74) is 1.99. The van der Waals surface area contributed by atoms with Gasteiger partial charge in [0.15, 0.2) is 5.76 Å². The molecule has 1 unspecified atom stereocenters. The third kappa shape index (κ3) is 3.71. The topological polar surface area (TPSA) is 99.9 Å². The first kappa shape index (κ1) is 16.8. The molecule has 130 valence electrons. The molecule has 0 saturated carbocycles. The number of benzene rings is 1. The van der Waals surface area contributed by atoms with Crippen molar-refractivity contribution in [2.24, 2.45) is 0 Å². The zero-order valence-corrected chi connectivity index (χ0v) is 13.5. The van der Waals surface area contributed by atoms with Gasteiger partial charge in [-0.25, -0.2) is 0 Å². The van der Waals surface area contributed by atoms with Crippen molar-refractivity contribution in [1.82, 2.24) is 10.2 Å². The lowest BCUT2D eigenvalue weighted by Gasteiger charge is -2.35. The molecule has 2 amide bonds. The van der Waals surface area contributed by atoms with E-state index in [0.717, 1.165) is 11.1 Å². The number of hydrogen-bond acceptors (Lipinski definition) is 4. The molecule has 1 aliphatic rings. The predicted molar refractivity (Wildman–Crippen MR) is 87.8 cm³/mol. The van der Waals surface area contributed by atoms with Gasteiger partial charge in [0, 0.05) is 19.5 Å². The van der Waals surface area contributed by atoms with E-state index < -0.39 is 12.0 Å². The van der Waals surface area contributed by atoms with Gasteiger partial charge in [-0.15, -0.1) is 0 Å². The molecule has 7 heteroatoms. The van der Waals surface area contributed by atoms with Gasteiger partial charge in [0.05, 0.1) is 12.7 Å². The molecule has 2 aromatic rings. The fourth-order valence-electron chi connectivity index (χ4n) is 2.92. The second kappa shape index (κ2) is 7.21. The van der Waals surface area contributed by atoms with Crippen LogP contribution in [-0.2, 0) is 22.6 Å². The monoisotopic (exact) mass is 342 g/mol. The molecule has 0 aliphatic carbocycles. The average molecular weight is 342 g/mol. The van der Waals surface area contributed by atoms with Crippen LogP contribution >= 0.6 is 0 Å². The number of nitrogens with one attached hydrogen (secondary N) is 1. The first-order valence-corrected chi connectivity index (χ1v) is 7.97. The standard InChI is InChI=1S/C18H18N2O5/c21-16(22)7-8-19-17(23)14-10-12-4-1-2-5-13(12)11-20(14)18(24)15-6-3-9-25-15/h1-6,9,14H,7-8,10-11H2,(H,19,23)(H,21,22). The van der Waals surface area contributed by atoms with Crippen LogP contribution in [0.4, 0.5) is 0 Å². The average Bonchev–Trinajstić information content (AvgIpc) is 3.14. The molecular formula is C18H18N2O5. The molecule has 2 heterocycles. The molecule has 1 aromatic carbocycles. The number of rotatable bonds is 5. The highest BCUT2D eigenvalue weighted by Crippen LogP contribution is 2.25. The number of furan rings is 1. The molecule has 25 heavy (non-hydrogen) atoms. The van der Waals surface area contributed by atoms with Gasteiger partial charge in [-0.1, -0.05) is 24.3 Å². The predicted octanol–water partition coefficient (Wildman–Crippen LogP) is 1.44. The molecule has 0 saturated heterocycles. The summed E-state index contributed by atoms with van der Waals surface area (Å²) < 4.78 is 5.18. The van der Waals surface area contributed by atoms with Crippen LogP contribution in [0.2, 0.25) is 0 Å². The van der Waals surface area contributed by atoms with E-state index in [2.05, 4.69) is 5.32 Å². The van der Waals surface area contributed by atoms with Gasteiger partial charge >= 0.3 is 5.97 Å². The van der Waals surface area contributed by atoms with E-state index in [-0.39, 0.29) is 30.5 Å². The number of carboxylic acids is 1. The summed E-state index contributed by atoms with van der Waals surface area (Å²) in [6.45, 7) is 0.321. The highest BCUT2D eigenvalue weighted by Gasteiger charge is 2.35. The van der Waals surface area contributed by atoms with Crippen molar-refractivity contribution in [1.29, 1.82) is 0 Å². The Morgan fingerprint density at radius 3 is 2.60 bits per heavy atom. The van der Waals surface area contributed by atoms with Crippen LogP contribution in [0, 0.1) is 0 Å². The largest absolute Gasteiger partial charge is 0.481 e. The molecule has 1 aromatic heterocycles. The van der Waals surface area contributed by atoms with Gasteiger partial charge in [0.2, 0.25) is 5.91 Å². The maximum absolute atomic E-state index is 12.7. The van der Waals surface area contributed by atoms with Crippen molar-refractivity contribution < 1.29 is 23.9 Å². The Kier molecular flexibility index (Phi) is 4.83. The zero-order chi connectivity index (χ0) is 17.8. The second-order valence-corrected chi connectivity index (χ2v) is 5.83. The maximum Gasteiger partial charge on any atom is 0.305 e. The third-order valence-corrected chi connectivity index (χ3v) is 4.18. The van der Waals surface area contributed by atoms with Crippen molar-refractivity contribution in [2.75, 3.05) is 6.54 Å². The van der Waals surface area contributed by atoms with Crippen LogP contribution in [0.5, 0.6) is 0 Å². The zero-order valence-electron chi connectivity index (χ0n) is 13.5. The Hall–Kier alpha value is -3.09. The molecule has 0 fully saturated rings. The minimum absolute atomic E-state index is 0.0229. The molecule has 1 atom stereocenters. The van der Waals surface area contributed by atoms with E-state index in [9.17, 15) is 14.4 Å². The Balaban J connectivity index is 1.82.